The molecule has 9 nitrogen and oxygen atoms in total. The molecule has 0 bridgehead atoms. The Morgan fingerprint density at radius 2 is 1.75 bits per heavy atom. The molecule has 0 radical (unpaired) electrons. The standard InChI is InChI=1S/C25H21ClN4O5S/c1-3-5-17-13-19(31)30-20(22(32)28-18-7-4-6-15(26)12-18)21(36-25(30)29-17)23(33)27-16-10-8-14(9-11-16)24(34)35-2/h4,6-13H,3,5H2,1-2H3,(H,27,33)(H,28,32). The number of halogens is 1. The van der Waals surface area contributed by atoms with E-state index in [1.165, 1.54) is 37.4 Å². The van der Waals surface area contributed by atoms with Crippen LogP contribution in [0.1, 0.15) is 49.6 Å². The average molecular weight is 525 g/mol. The number of esters is 1. The summed E-state index contributed by atoms with van der Waals surface area (Å²) in [5, 5.41) is 5.82. The monoisotopic (exact) mass is 524 g/mol. The summed E-state index contributed by atoms with van der Waals surface area (Å²) in [5.41, 5.74) is 1.09. The van der Waals surface area contributed by atoms with Crippen molar-refractivity contribution >= 4 is 57.1 Å². The van der Waals surface area contributed by atoms with Crippen LogP contribution in [0.15, 0.2) is 59.4 Å². The molecule has 2 N–H and O–H groups in total. The van der Waals surface area contributed by atoms with E-state index in [1.807, 2.05) is 6.92 Å². The quantitative estimate of drug-likeness (QED) is 0.340. The van der Waals surface area contributed by atoms with Crippen molar-refractivity contribution in [2.24, 2.45) is 0 Å². The Morgan fingerprint density at radius 1 is 1.03 bits per heavy atom. The number of carbonyl (C=O) groups excluding carboxylic acids is 3. The van der Waals surface area contributed by atoms with E-state index in [9.17, 15) is 19.2 Å². The normalized spacial score (nSPS) is 10.8. The topological polar surface area (TPSA) is 119 Å². The van der Waals surface area contributed by atoms with Crippen LogP contribution >= 0.6 is 22.9 Å². The summed E-state index contributed by atoms with van der Waals surface area (Å²) >= 11 is 6.96. The van der Waals surface area contributed by atoms with Gasteiger partial charge >= 0.3 is 5.97 Å². The summed E-state index contributed by atoms with van der Waals surface area (Å²) in [7, 11) is 1.28. The van der Waals surface area contributed by atoms with Crippen molar-refractivity contribution in [3.8, 4) is 0 Å². The van der Waals surface area contributed by atoms with Gasteiger partial charge in [-0.2, -0.15) is 0 Å². The van der Waals surface area contributed by atoms with Gasteiger partial charge in [0.1, 0.15) is 10.6 Å². The highest BCUT2D eigenvalue weighted by Crippen LogP contribution is 2.25. The van der Waals surface area contributed by atoms with E-state index in [4.69, 9.17) is 11.6 Å². The van der Waals surface area contributed by atoms with Gasteiger partial charge in [-0.15, -0.1) is 0 Å². The predicted molar refractivity (Wildman–Crippen MR) is 138 cm³/mol. The van der Waals surface area contributed by atoms with Gasteiger partial charge in [0.15, 0.2) is 4.96 Å². The maximum atomic E-state index is 13.3. The predicted octanol–water partition coefficient (Wildman–Crippen LogP) is 4.65. The Kier molecular flexibility index (Phi) is 7.47. The first-order valence-electron chi connectivity index (χ1n) is 10.9. The van der Waals surface area contributed by atoms with Crippen molar-refractivity contribution in [2.45, 2.75) is 19.8 Å². The van der Waals surface area contributed by atoms with Gasteiger partial charge in [0.05, 0.1) is 12.7 Å². The van der Waals surface area contributed by atoms with Crippen LogP contribution in [0.2, 0.25) is 5.02 Å². The number of methoxy groups -OCH3 is 1. The summed E-state index contributed by atoms with van der Waals surface area (Å²) in [5.74, 6) is -1.78. The zero-order valence-corrected chi connectivity index (χ0v) is 20.9. The Labute approximate surface area is 214 Å². The summed E-state index contributed by atoms with van der Waals surface area (Å²) in [4.78, 5) is 56.0. The number of aromatic nitrogens is 2. The highest BCUT2D eigenvalue weighted by Gasteiger charge is 2.26. The lowest BCUT2D eigenvalue weighted by Gasteiger charge is -2.09. The number of anilines is 2. The van der Waals surface area contributed by atoms with E-state index < -0.39 is 23.3 Å². The molecular weight excluding hydrogens is 504 g/mol. The Bertz CT molecular complexity index is 1530. The van der Waals surface area contributed by atoms with Crippen LogP contribution in [0.3, 0.4) is 0 Å². The fourth-order valence-corrected chi connectivity index (χ4v) is 4.75. The number of thiazole rings is 1. The number of fused-ring (bicyclic) bond motifs is 1. The number of amides is 2. The molecule has 0 fully saturated rings. The molecule has 0 aliphatic heterocycles. The molecule has 184 valence electrons. The minimum atomic E-state index is -0.665. The lowest BCUT2D eigenvalue weighted by molar-refractivity contribution is 0.0600. The molecule has 2 aromatic heterocycles. The zero-order valence-electron chi connectivity index (χ0n) is 19.3. The molecule has 0 aliphatic carbocycles. The Hall–Kier alpha value is -4.02. The molecule has 36 heavy (non-hydrogen) atoms. The van der Waals surface area contributed by atoms with Crippen molar-refractivity contribution in [2.75, 3.05) is 17.7 Å². The van der Waals surface area contributed by atoms with E-state index in [2.05, 4.69) is 20.4 Å². The van der Waals surface area contributed by atoms with Gasteiger partial charge in [0.2, 0.25) is 0 Å². The molecule has 0 aliphatic rings. The maximum Gasteiger partial charge on any atom is 0.337 e. The SMILES string of the molecule is CCCc1cc(=O)n2c(C(=O)Nc3cccc(Cl)c3)c(C(=O)Nc3ccc(C(=O)OC)cc3)sc2n1. The molecule has 2 heterocycles. The van der Waals surface area contributed by atoms with Crippen LogP contribution in [-0.2, 0) is 11.2 Å². The average Bonchev–Trinajstić information content (AvgIpc) is 3.25. The minimum absolute atomic E-state index is 0.00446. The van der Waals surface area contributed by atoms with E-state index in [0.717, 1.165) is 22.2 Å². The van der Waals surface area contributed by atoms with Crippen molar-refractivity contribution in [3.63, 3.8) is 0 Å². The first-order valence-corrected chi connectivity index (χ1v) is 12.1. The van der Waals surface area contributed by atoms with E-state index in [1.54, 1.807) is 24.3 Å². The third-order valence-electron chi connectivity index (χ3n) is 5.15. The smallest absolute Gasteiger partial charge is 0.337 e. The van der Waals surface area contributed by atoms with Crippen LogP contribution in [0.5, 0.6) is 0 Å². The first-order chi connectivity index (χ1) is 17.3. The second kappa shape index (κ2) is 10.7. The maximum absolute atomic E-state index is 13.3. The molecule has 0 saturated heterocycles. The highest BCUT2D eigenvalue weighted by molar-refractivity contribution is 7.19. The summed E-state index contributed by atoms with van der Waals surface area (Å²) < 4.78 is 5.82. The molecule has 0 atom stereocenters. The van der Waals surface area contributed by atoms with Crippen LogP contribution in [0.25, 0.3) is 4.96 Å². The van der Waals surface area contributed by atoms with Gasteiger partial charge in [-0.05, 0) is 48.9 Å². The number of benzene rings is 2. The summed E-state index contributed by atoms with van der Waals surface area (Å²) in [6.45, 7) is 1.96. The number of hydrogen-bond acceptors (Lipinski definition) is 7. The fourth-order valence-electron chi connectivity index (χ4n) is 3.52. The number of rotatable bonds is 7. The van der Waals surface area contributed by atoms with Crippen LogP contribution in [0.4, 0.5) is 11.4 Å². The first kappa shape index (κ1) is 25.1. The summed E-state index contributed by atoms with van der Waals surface area (Å²) in [6.07, 6.45) is 1.37. The molecular formula is C25H21ClN4O5S. The lowest BCUT2D eigenvalue weighted by atomic mass is 10.2. The Morgan fingerprint density at radius 3 is 2.42 bits per heavy atom. The molecule has 2 aromatic carbocycles. The van der Waals surface area contributed by atoms with Crippen molar-refractivity contribution < 1.29 is 19.1 Å². The van der Waals surface area contributed by atoms with E-state index in [0.29, 0.717) is 34.1 Å². The van der Waals surface area contributed by atoms with Crippen LogP contribution < -0.4 is 16.2 Å². The molecule has 4 aromatic rings. The number of hydrogen-bond donors (Lipinski definition) is 2. The van der Waals surface area contributed by atoms with Gasteiger partial charge in [0, 0.05) is 28.2 Å². The lowest BCUT2D eigenvalue weighted by Crippen LogP contribution is -2.25. The second-order valence-corrected chi connectivity index (χ2v) is 9.13. The van der Waals surface area contributed by atoms with Gasteiger partial charge in [0.25, 0.3) is 17.4 Å². The van der Waals surface area contributed by atoms with Crippen LogP contribution in [-0.4, -0.2) is 34.3 Å². The third-order valence-corrected chi connectivity index (χ3v) is 6.42. The summed E-state index contributed by atoms with van der Waals surface area (Å²) in [6, 6.07) is 14.0. The van der Waals surface area contributed by atoms with Crippen LogP contribution in [0, 0.1) is 0 Å². The molecule has 11 heteroatoms. The van der Waals surface area contributed by atoms with E-state index >= 15 is 0 Å². The highest BCUT2D eigenvalue weighted by atomic mass is 35.5. The molecule has 2 amide bonds. The number of ether oxygens (including phenoxy) is 1. The van der Waals surface area contributed by atoms with E-state index in [-0.39, 0.29) is 15.5 Å². The number of carbonyl (C=O) groups is 3. The third kappa shape index (κ3) is 5.29. The van der Waals surface area contributed by atoms with Gasteiger partial charge in [-0.3, -0.25) is 14.4 Å². The zero-order chi connectivity index (χ0) is 25.8. The number of aryl methyl sites for hydroxylation is 1. The largest absolute Gasteiger partial charge is 0.465 e. The fraction of sp³-hybridized carbons (Fsp3) is 0.160. The van der Waals surface area contributed by atoms with Gasteiger partial charge in [-0.25, -0.2) is 14.2 Å². The molecule has 0 saturated carbocycles. The van der Waals surface area contributed by atoms with Crippen molar-refractivity contribution in [1.29, 1.82) is 0 Å². The molecule has 4 rings (SSSR count). The van der Waals surface area contributed by atoms with Crippen molar-refractivity contribution in [1.82, 2.24) is 9.38 Å². The minimum Gasteiger partial charge on any atom is -0.465 e. The molecule has 0 unspecified atom stereocenters. The second-order valence-electron chi connectivity index (χ2n) is 7.72. The van der Waals surface area contributed by atoms with Gasteiger partial charge in [-0.1, -0.05) is 42.3 Å². The number of nitrogens with one attached hydrogen (secondary N) is 2. The number of nitrogens with zero attached hydrogens (tertiary/aromatic N) is 2. The Balaban J connectivity index is 1.75. The van der Waals surface area contributed by atoms with Gasteiger partial charge < -0.3 is 15.4 Å². The molecule has 0 spiro atoms. The van der Waals surface area contributed by atoms with Crippen molar-refractivity contribution in [3.05, 3.63) is 91.8 Å².